The average Bonchev–Trinajstić information content (AvgIpc) is 2.86. The van der Waals surface area contributed by atoms with Gasteiger partial charge in [0.15, 0.2) is 0 Å². The summed E-state index contributed by atoms with van der Waals surface area (Å²) in [5, 5.41) is 0. The maximum atomic E-state index is 5.78. The smallest absolute Gasteiger partial charge is 0.141 e. The van der Waals surface area contributed by atoms with Crippen LogP contribution in [0.3, 0.4) is 0 Å². The second-order valence-corrected chi connectivity index (χ2v) is 5.67. The lowest BCUT2D eigenvalue weighted by atomic mass is 9.88. The molecular weight excluding hydrogens is 324 g/mol. The summed E-state index contributed by atoms with van der Waals surface area (Å²) in [6.07, 6.45) is 1.14. The van der Waals surface area contributed by atoms with Crippen LogP contribution < -0.4 is 20.7 Å². The highest BCUT2D eigenvalue weighted by Gasteiger charge is 2.34. The topological polar surface area (TPSA) is 65.7 Å². The van der Waals surface area contributed by atoms with Gasteiger partial charge in [0, 0.05) is 18.1 Å². The van der Waals surface area contributed by atoms with E-state index < -0.39 is 0 Å². The van der Waals surface area contributed by atoms with Crippen molar-refractivity contribution >= 4 is 15.9 Å². The maximum Gasteiger partial charge on any atom is 0.141 e. The molecule has 2 rings (SSSR count). The molecule has 0 saturated carbocycles. The predicted octanol–water partition coefficient (Wildman–Crippen LogP) is 2.40. The summed E-state index contributed by atoms with van der Waals surface area (Å²) in [5.74, 6) is 7.57. The number of methoxy groups -OCH3 is 2. The Hall–Kier alpha value is -0.820. The van der Waals surface area contributed by atoms with Crippen LogP contribution in [0.1, 0.15) is 24.9 Å². The van der Waals surface area contributed by atoms with Gasteiger partial charge in [0.2, 0.25) is 0 Å². The van der Waals surface area contributed by atoms with Gasteiger partial charge in [-0.15, -0.1) is 0 Å². The normalized spacial score (nSPS) is 23.6. The van der Waals surface area contributed by atoms with Gasteiger partial charge in [-0.1, -0.05) is 0 Å². The van der Waals surface area contributed by atoms with Crippen molar-refractivity contribution in [2.75, 3.05) is 20.8 Å². The zero-order valence-corrected chi connectivity index (χ0v) is 13.6. The predicted molar refractivity (Wildman–Crippen MR) is 80.8 cm³/mol. The molecule has 0 radical (unpaired) electrons. The van der Waals surface area contributed by atoms with E-state index in [1.807, 2.05) is 12.1 Å². The molecule has 112 valence electrons. The van der Waals surface area contributed by atoms with Gasteiger partial charge in [-0.3, -0.25) is 11.3 Å². The van der Waals surface area contributed by atoms with E-state index in [1.54, 1.807) is 14.2 Å². The molecule has 1 aromatic carbocycles. The molecule has 0 bridgehead atoms. The Morgan fingerprint density at radius 2 is 2.15 bits per heavy atom. The van der Waals surface area contributed by atoms with E-state index in [9.17, 15) is 0 Å². The van der Waals surface area contributed by atoms with E-state index in [-0.39, 0.29) is 12.1 Å². The second kappa shape index (κ2) is 6.76. The van der Waals surface area contributed by atoms with Crippen molar-refractivity contribution in [3.8, 4) is 11.5 Å². The highest BCUT2D eigenvalue weighted by atomic mass is 79.9. The molecule has 1 heterocycles. The van der Waals surface area contributed by atoms with Crippen molar-refractivity contribution in [3.05, 3.63) is 22.2 Å². The average molecular weight is 345 g/mol. The van der Waals surface area contributed by atoms with Crippen LogP contribution in [0.5, 0.6) is 11.5 Å². The standard InChI is InChI=1S/C14H21BrN2O3/c1-8-9(6-7-20-8)13(17-16)10-4-5-11(18-2)12(15)14(10)19-3/h4-5,8-9,13,17H,6-7,16H2,1-3H3. The third-order valence-corrected chi connectivity index (χ3v) is 4.64. The number of hydrogen-bond donors (Lipinski definition) is 2. The van der Waals surface area contributed by atoms with Crippen molar-refractivity contribution in [2.24, 2.45) is 11.8 Å². The minimum Gasteiger partial charge on any atom is -0.495 e. The van der Waals surface area contributed by atoms with Crippen molar-refractivity contribution in [2.45, 2.75) is 25.5 Å². The van der Waals surface area contributed by atoms with E-state index in [1.165, 1.54) is 0 Å². The van der Waals surface area contributed by atoms with Gasteiger partial charge in [-0.05, 0) is 41.4 Å². The minimum absolute atomic E-state index is 0.0235. The SMILES string of the molecule is COc1ccc(C(NN)C2CCOC2C)c(OC)c1Br. The summed E-state index contributed by atoms with van der Waals surface area (Å²) in [4.78, 5) is 0. The van der Waals surface area contributed by atoms with Crippen molar-refractivity contribution in [3.63, 3.8) is 0 Å². The third-order valence-electron chi connectivity index (χ3n) is 3.89. The fourth-order valence-electron chi connectivity index (χ4n) is 2.79. The number of hydrazine groups is 1. The molecule has 1 aromatic rings. The lowest BCUT2D eigenvalue weighted by Crippen LogP contribution is -2.36. The van der Waals surface area contributed by atoms with Gasteiger partial charge in [0.25, 0.3) is 0 Å². The first-order chi connectivity index (χ1) is 9.63. The lowest BCUT2D eigenvalue weighted by Gasteiger charge is -2.27. The number of nitrogens with two attached hydrogens (primary N) is 1. The molecule has 1 saturated heterocycles. The molecule has 1 aliphatic heterocycles. The monoisotopic (exact) mass is 344 g/mol. The molecule has 6 heteroatoms. The fraction of sp³-hybridized carbons (Fsp3) is 0.571. The van der Waals surface area contributed by atoms with Crippen LogP contribution in [0.4, 0.5) is 0 Å². The summed E-state index contributed by atoms with van der Waals surface area (Å²) >= 11 is 3.52. The molecule has 0 spiro atoms. The summed E-state index contributed by atoms with van der Waals surface area (Å²) in [5.41, 5.74) is 3.91. The van der Waals surface area contributed by atoms with Gasteiger partial charge in [0.05, 0.1) is 26.4 Å². The highest BCUT2D eigenvalue weighted by Crippen LogP contribution is 2.43. The first kappa shape index (κ1) is 15.6. The largest absolute Gasteiger partial charge is 0.495 e. The molecule has 3 N–H and O–H groups in total. The van der Waals surface area contributed by atoms with Crippen LogP contribution in [-0.4, -0.2) is 26.9 Å². The lowest BCUT2D eigenvalue weighted by molar-refractivity contribution is 0.0950. The summed E-state index contributed by atoms with van der Waals surface area (Å²) < 4.78 is 17.3. The van der Waals surface area contributed by atoms with E-state index in [2.05, 4.69) is 28.3 Å². The Balaban J connectivity index is 2.41. The second-order valence-electron chi connectivity index (χ2n) is 4.88. The molecule has 3 atom stereocenters. The van der Waals surface area contributed by atoms with E-state index >= 15 is 0 Å². The van der Waals surface area contributed by atoms with E-state index in [4.69, 9.17) is 20.1 Å². The molecule has 0 aromatic heterocycles. The zero-order valence-electron chi connectivity index (χ0n) is 12.0. The summed E-state index contributed by atoms with van der Waals surface area (Å²) in [7, 11) is 3.27. The highest BCUT2D eigenvalue weighted by molar-refractivity contribution is 9.10. The quantitative estimate of drug-likeness (QED) is 0.634. The fourth-order valence-corrected chi connectivity index (χ4v) is 3.48. The molecule has 1 fully saturated rings. The van der Waals surface area contributed by atoms with Gasteiger partial charge in [-0.25, -0.2) is 0 Å². The first-order valence-electron chi connectivity index (χ1n) is 6.62. The van der Waals surface area contributed by atoms with Crippen LogP contribution in [0.25, 0.3) is 0 Å². The van der Waals surface area contributed by atoms with Crippen molar-refractivity contribution in [1.82, 2.24) is 5.43 Å². The molecule has 0 amide bonds. The van der Waals surface area contributed by atoms with E-state index in [0.717, 1.165) is 34.6 Å². The van der Waals surface area contributed by atoms with Crippen LogP contribution in [-0.2, 0) is 4.74 Å². The van der Waals surface area contributed by atoms with Crippen molar-refractivity contribution in [1.29, 1.82) is 0 Å². The van der Waals surface area contributed by atoms with E-state index in [0.29, 0.717) is 5.92 Å². The van der Waals surface area contributed by atoms with Gasteiger partial charge >= 0.3 is 0 Å². The third kappa shape index (κ3) is 2.79. The van der Waals surface area contributed by atoms with Gasteiger partial charge in [0.1, 0.15) is 16.0 Å². The number of nitrogens with one attached hydrogen (secondary N) is 1. The first-order valence-corrected chi connectivity index (χ1v) is 7.41. The van der Waals surface area contributed by atoms with Crippen LogP contribution in [0, 0.1) is 5.92 Å². The molecule has 1 aliphatic rings. The van der Waals surface area contributed by atoms with Crippen molar-refractivity contribution < 1.29 is 14.2 Å². The summed E-state index contributed by atoms with van der Waals surface area (Å²) in [6, 6.07) is 3.87. The number of ether oxygens (including phenoxy) is 3. The van der Waals surface area contributed by atoms with Gasteiger partial charge in [-0.2, -0.15) is 0 Å². The Labute approximate surface area is 127 Å². The van der Waals surface area contributed by atoms with Crippen LogP contribution in [0.15, 0.2) is 16.6 Å². The molecule has 0 aliphatic carbocycles. The zero-order chi connectivity index (χ0) is 14.7. The minimum atomic E-state index is -0.0235. The molecule has 20 heavy (non-hydrogen) atoms. The summed E-state index contributed by atoms with van der Waals surface area (Å²) in [6.45, 7) is 2.84. The van der Waals surface area contributed by atoms with Crippen LogP contribution in [0.2, 0.25) is 0 Å². The number of halogens is 1. The number of rotatable bonds is 5. The Kier molecular flexibility index (Phi) is 5.26. The Morgan fingerprint density at radius 1 is 1.40 bits per heavy atom. The van der Waals surface area contributed by atoms with Crippen LogP contribution >= 0.6 is 15.9 Å². The number of benzene rings is 1. The maximum absolute atomic E-state index is 5.78. The molecule has 5 nitrogen and oxygen atoms in total. The Morgan fingerprint density at radius 3 is 2.65 bits per heavy atom. The number of hydrogen-bond acceptors (Lipinski definition) is 5. The van der Waals surface area contributed by atoms with Gasteiger partial charge < -0.3 is 14.2 Å². The Bertz CT molecular complexity index is 470. The molecular formula is C14H21BrN2O3. The molecule has 3 unspecified atom stereocenters.